The highest BCUT2D eigenvalue weighted by molar-refractivity contribution is 9.10. The van der Waals surface area contributed by atoms with Crippen LogP contribution < -0.4 is 0 Å². The summed E-state index contributed by atoms with van der Waals surface area (Å²) in [6.07, 6.45) is 3.54. The third-order valence-electron chi connectivity index (χ3n) is 2.37. The lowest BCUT2D eigenvalue weighted by atomic mass is 10.4. The van der Waals surface area contributed by atoms with Crippen LogP contribution in [0.3, 0.4) is 0 Å². The van der Waals surface area contributed by atoms with Crippen LogP contribution in [0.5, 0.6) is 0 Å². The Hall–Kier alpha value is -0.130. The van der Waals surface area contributed by atoms with Crippen molar-refractivity contribution in [2.24, 2.45) is 0 Å². The largest absolute Gasteiger partial charge is 0.385 e. The van der Waals surface area contributed by atoms with E-state index in [1.54, 1.807) is 18.9 Å². The van der Waals surface area contributed by atoms with Crippen LogP contribution in [0.1, 0.15) is 31.0 Å². The SMILES string of the molecule is COCCCSc1cc(Br)nc(C2CC2)n1. The van der Waals surface area contributed by atoms with E-state index in [2.05, 4.69) is 25.9 Å². The first-order valence-corrected chi connectivity index (χ1v) is 7.23. The second-order valence-electron chi connectivity index (χ2n) is 3.86. The van der Waals surface area contributed by atoms with Crippen molar-refractivity contribution in [1.29, 1.82) is 0 Å². The van der Waals surface area contributed by atoms with Crippen LogP contribution in [0, 0.1) is 0 Å². The van der Waals surface area contributed by atoms with Crippen molar-refractivity contribution >= 4 is 27.7 Å². The maximum atomic E-state index is 5.02. The van der Waals surface area contributed by atoms with E-state index < -0.39 is 0 Å². The van der Waals surface area contributed by atoms with Gasteiger partial charge in [-0.25, -0.2) is 9.97 Å². The van der Waals surface area contributed by atoms with Gasteiger partial charge in [-0.2, -0.15) is 0 Å². The quantitative estimate of drug-likeness (QED) is 0.459. The van der Waals surface area contributed by atoms with E-state index in [0.717, 1.165) is 34.2 Å². The van der Waals surface area contributed by atoms with Crippen molar-refractivity contribution in [2.45, 2.75) is 30.2 Å². The van der Waals surface area contributed by atoms with E-state index in [0.29, 0.717) is 5.92 Å². The van der Waals surface area contributed by atoms with E-state index in [1.165, 1.54) is 12.8 Å². The molecule has 0 atom stereocenters. The number of nitrogens with zero attached hydrogens (tertiary/aromatic N) is 2. The average Bonchev–Trinajstić information content (AvgIpc) is 3.07. The van der Waals surface area contributed by atoms with Crippen LogP contribution in [0.25, 0.3) is 0 Å². The summed E-state index contributed by atoms with van der Waals surface area (Å²) in [5.41, 5.74) is 0. The summed E-state index contributed by atoms with van der Waals surface area (Å²) in [5, 5.41) is 1.07. The van der Waals surface area contributed by atoms with Crippen LogP contribution in [-0.2, 0) is 4.74 Å². The Morgan fingerprint density at radius 2 is 2.31 bits per heavy atom. The molecule has 1 aromatic heterocycles. The van der Waals surface area contributed by atoms with Gasteiger partial charge in [-0.15, -0.1) is 11.8 Å². The highest BCUT2D eigenvalue weighted by atomic mass is 79.9. The van der Waals surface area contributed by atoms with Gasteiger partial charge < -0.3 is 4.74 Å². The molecule has 1 aliphatic carbocycles. The summed E-state index contributed by atoms with van der Waals surface area (Å²) in [6, 6.07) is 1.99. The first kappa shape index (κ1) is 12.3. The third kappa shape index (κ3) is 3.71. The standard InChI is InChI=1S/C11H15BrN2OS/c1-15-5-2-6-16-10-7-9(12)13-11(14-10)8-3-4-8/h7-8H,2-6H2,1H3. The molecule has 0 unspecified atom stereocenters. The fraction of sp³-hybridized carbons (Fsp3) is 0.636. The molecule has 88 valence electrons. The van der Waals surface area contributed by atoms with Gasteiger partial charge in [0, 0.05) is 31.5 Å². The first-order valence-electron chi connectivity index (χ1n) is 5.46. The fourth-order valence-corrected chi connectivity index (χ4v) is 2.77. The third-order valence-corrected chi connectivity index (χ3v) is 3.78. The summed E-state index contributed by atoms with van der Waals surface area (Å²) in [6.45, 7) is 0.814. The normalized spacial score (nSPS) is 15.4. The Kier molecular flexibility index (Phi) is 4.61. The minimum absolute atomic E-state index is 0.607. The van der Waals surface area contributed by atoms with E-state index in [9.17, 15) is 0 Å². The molecule has 1 heterocycles. The van der Waals surface area contributed by atoms with E-state index >= 15 is 0 Å². The fourth-order valence-electron chi connectivity index (χ4n) is 1.39. The lowest BCUT2D eigenvalue weighted by molar-refractivity contribution is 0.200. The second-order valence-corrected chi connectivity index (χ2v) is 5.78. The number of halogens is 1. The molecule has 0 bridgehead atoms. The van der Waals surface area contributed by atoms with Crippen LogP contribution in [0.15, 0.2) is 15.7 Å². The predicted molar refractivity (Wildman–Crippen MR) is 68.9 cm³/mol. The molecule has 0 spiro atoms. The highest BCUT2D eigenvalue weighted by Gasteiger charge is 2.27. The number of thioether (sulfide) groups is 1. The predicted octanol–water partition coefficient (Wildman–Crippen LogP) is 3.25. The van der Waals surface area contributed by atoms with E-state index in [1.807, 2.05) is 6.07 Å². The number of methoxy groups -OCH3 is 1. The molecule has 0 amide bonds. The number of hydrogen-bond donors (Lipinski definition) is 0. The van der Waals surface area contributed by atoms with Crippen molar-refractivity contribution in [3.8, 4) is 0 Å². The number of rotatable bonds is 6. The maximum Gasteiger partial charge on any atom is 0.134 e. The van der Waals surface area contributed by atoms with Gasteiger partial charge in [0.2, 0.25) is 0 Å². The van der Waals surface area contributed by atoms with Gasteiger partial charge in [0.25, 0.3) is 0 Å². The van der Waals surface area contributed by atoms with Crippen LogP contribution in [0.2, 0.25) is 0 Å². The van der Waals surface area contributed by atoms with Crippen LogP contribution in [0.4, 0.5) is 0 Å². The maximum absolute atomic E-state index is 5.02. The molecule has 0 saturated heterocycles. The molecule has 3 nitrogen and oxygen atoms in total. The Morgan fingerprint density at radius 1 is 1.50 bits per heavy atom. The van der Waals surface area contributed by atoms with Gasteiger partial charge in [-0.05, 0) is 35.2 Å². The minimum Gasteiger partial charge on any atom is -0.385 e. The molecule has 1 aliphatic rings. The molecule has 0 aromatic carbocycles. The van der Waals surface area contributed by atoms with Gasteiger partial charge in [-0.1, -0.05) is 0 Å². The molecule has 1 fully saturated rings. The Morgan fingerprint density at radius 3 is 3.00 bits per heavy atom. The van der Waals surface area contributed by atoms with Gasteiger partial charge >= 0.3 is 0 Å². The Bertz CT molecular complexity index is 358. The summed E-state index contributed by atoms with van der Waals surface area (Å²) < 4.78 is 5.92. The lowest BCUT2D eigenvalue weighted by Gasteiger charge is -2.04. The topological polar surface area (TPSA) is 35.0 Å². The van der Waals surface area contributed by atoms with Gasteiger partial charge in [-0.3, -0.25) is 0 Å². The molecular formula is C11H15BrN2OS. The van der Waals surface area contributed by atoms with Crippen LogP contribution in [-0.4, -0.2) is 29.4 Å². The van der Waals surface area contributed by atoms with Crippen molar-refractivity contribution in [3.05, 3.63) is 16.5 Å². The van der Waals surface area contributed by atoms with E-state index in [-0.39, 0.29) is 0 Å². The zero-order chi connectivity index (χ0) is 11.4. The van der Waals surface area contributed by atoms with Gasteiger partial charge in [0.15, 0.2) is 0 Å². The minimum atomic E-state index is 0.607. The summed E-state index contributed by atoms with van der Waals surface area (Å²) in [5.74, 6) is 2.65. The van der Waals surface area contributed by atoms with Crippen molar-refractivity contribution < 1.29 is 4.74 Å². The van der Waals surface area contributed by atoms with Crippen molar-refractivity contribution in [1.82, 2.24) is 9.97 Å². The zero-order valence-corrected chi connectivity index (χ0v) is 11.7. The molecule has 2 rings (SSSR count). The summed E-state index contributed by atoms with van der Waals surface area (Å²) in [7, 11) is 1.73. The van der Waals surface area contributed by atoms with Crippen molar-refractivity contribution in [2.75, 3.05) is 19.5 Å². The average molecular weight is 303 g/mol. The number of hydrogen-bond acceptors (Lipinski definition) is 4. The molecule has 0 N–H and O–H groups in total. The zero-order valence-electron chi connectivity index (χ0n) is 9.28. The first-order chi connectivity index (χ1) is 7.79. The van der Waals surface area contributed by atoms with Gasteiger partial charge in [0.1, 0.15) is 15.5 Å². The lowest BCUT2D eigenvalue weighted by Crippen LogP contribution is -1.96. The molecule has 0 aliphatic heterocycles. The highest BCUT2D eigenvalue weighted by Crippen LogP contribution is 2.39. The summed E-state index contributed by atoms with van der Waals surface area (Å²) >= 11 is 5.22. The molecular weight excluding hydrogens is 288 g/mol. The molecule has 5 heteroatoms. The molecule has 1 saturated carbocycles. The Labute approximate surface area is 109 Å². The monoisotopic (exact) mass is 302 g/mol. The number of aromatic nitrogens is 2. The molecule has 0 radical (unpaired) electrons. The molecule has 1 aromatic rings. The van der Waals surface area contributed by atoms with E-state index in [4.69, 9.17) is 4.74 Å². The van der Waals surface area contributed by atoms with Crippen molar-refractivity contribution in [3.63, 3.8) is 0 Å². The number of ether oxygens (including phenoxy) is 1. The smallest absolute Gasteiger partial charge is 0.134 e. The summed E-state index contributed by atoms with van der Waals surface area (Å²) in [4.78, 5) is 8.98. The second kappa shape index (κ2) is 5.98. The van der Waals surface area contributed by atoms with Crippen LogP contribution >= 0.6 is 27.7 Å². The Balaban J connectivity index is 1.92. The van der Waals surface area contributed by atoms with Gasteiger partial charge in [0.05, 0.1) is 0 Å². The molecule has 16 heavy (non-hydrogen) atoms.